The number of halogens is 2. The number of hydrazone groups is 1. The quantitative estimate of drug-likeness (QED) is 0.382. The Kier molecular flexibility index (Phi) is 5.43. The molecule has 2 aromatic carbocycles. The van der Waals surface area contributed by atoms with E-state index in [9.17, 15) is 14.0 Å². The Bertz CT molecular complexity index is 1420. The van der Waals surface area contributed by atoms with Gasteiger partial charge in [0.25, 0.3) is 5.56 Å². The molecule has 158 valence electrons. The molecule has 0 aliphatic rings. The van der Waals surface area contributed by atoms with E-state index in [1.165, 1.54) is 29.3 Å². The first kappa shape index (κ1) is 20.5. The van der Waals surface area contributed by atoms with Gasteiger partial charge >= 0.3 is 5.69 Å². The van der Waals surface area contributed by atoms with Crippen molar-refractivity contribution in [3.8, 4) is 0 Å². The number of rotatable bonds is 5. The largest absolute Gasteiger partial charge is 0.332 e. The predicted octanol–water partition coefficient (Wildman–Crippen LogP) is 2.72. The van der Waals surface area contributed by atoms with Crippen LogP contribution in [0.25, 0.3) is 11.2 Å². The highest BCUT2D eigenvalue weighted by Crippen LogP contribution is 2.19. The number of aromatic nitrogens is 4. The molecule has 0 spiro atoms. The van der Waals surface area contributed by atoms with Crippen LogP contribution in [0.3, 0.4) is 0 Å². The smallest absolute Gasteiger partial charge is 0.298 e. The van der Waals surface area contributed by atoms with Crippen molar-refractivity contribution in [3.05, 3.63) is 91.3 Å². The van der Waals surface area contributed by atoms with Gasteiger partial charge in [-0.25, -0.2) is 14.6 Å². The molecule has 2 aromatic heterocycles. The minimum Gasteiger partial charge on any atom is -0.298 e. The van der Waals surface area contributed by atoms with E-state index in [0.29, 0.717) is 10.6 Å². The maximum Gasteiger partial charge on any atom is 0.332 e. The molecular weight excluding hydrogens is 423 g/mol. The second-order valence-corrected chi connectivity index (χ2v) is 7.35. The van der Waals surface area contributed by atoms with Crippen molar-refractivity contribution >= 4 is 34.9 Å². The first-order valence-corrected chi connectivity index (χ1v) is 9.69. The van der Waals surface area contributed by atoms with Crippen molar-refractivity contribution < 1.29 is 4.39 Å². The summed E-state index contributed by atoms with van der Waals surface area (Å²) in [5, 5.41) is 4.78. The van der Waals surface area contributed by atoms with Crippen LogP contribution in [0.1, 0.15) is 11.1 Å². The van der Waals surface area contributed by atoms with E-state index in [1.807, 2.05) is 0 Å². The van der Waals surface area contributed by atoms with E-state index >= 15 is 0 Å². The Balaban J connectivity index is 1.83. The summed E-state index contributed by atoms with van der Waals surface area (Å²) in [6, 6.07) is 13.3. The molecule has 1 N–H and O–H groups in total. The standard InChI is InChI=1S/C21H18ClFN6O2/c1-27-18-17(19(30)28(2)21(27)31)29(12-14-5-3-4-6-16(14)23)20(25-18)26-24-11-13-7-9-15(22)10-8-13/h3-11H,12H2,1-2H3,(H,25,26)/b24-11+. The van der Waals surface area contributed by atoms with Gasteiger partial charge in [-0.2, -0.15) is 10.1 Å². The number of benzene rings is 2. The number of nitrogens with one attached hydrogen (secondary N) is 1. The van der Waals surface area contributed by atoms with Crippen molar-refractivity contribution in [2.45, 2.75) is 6.54 Å². The molecule has 4 aromatic rings. The van der Waals surface area contributed by atoms with Crippen LogP contribution in [-0.2, 0) is 20.6 Å². The summed E-state index contributed by atoms with van der Waals surface area (Å²) in [5.74, 6) is -0.219. The monoisotopic (exact) mass is 440 g/mol. The second kappa shape index (κ2) is 8.19. The first-order valence-electron chi connectivity index (χ1n) is 9.31. The Hall–Kier alpha value is -3.72. The number of imidazole rings is 1. The molecule has 0 unspecified atom stereocenters. The van der Waals surface area contributed by atoms with Gasteiger partial charge in [-0.1, -0.05) is 41.9 Å². The van der Waals surface area contributed by atoms with E-state index in [4.69, 9.17) is 11.6 Å². The van der Waals surface area contributed by atoms with Crippen molar-refractivity contribution in [2.75, 3.05) is 5.43 Å². The number of hydrogen-bond donors (Lipinski definition) is 1. The maximum atomic E-state index is 14.3. The lowest BCUT2D eigenvalue weighted by atomic mass is 10.2. The lowest BCUT2D eigenvalue weighted by Gasteiger charge is -2.10. The topological polar surface area (TPSA) is 86.2 Å². The number of hydrogen-bond acceptors (Lipinski definition) is 5. The summed E-state index contributed by atoms with van der Waals surface area (Å²) >= 11 is 5.89. The molecule has 2 heterocycles. The lowest BCUT2D eigenvalue weighted by molar-refractivity contribution is 0.601. The Labute approximate surface area is 180 Å². The van der Waals surface area contributed by atoms with Crippen LogP contribution in [0, 0.1) is 5.82 Å². The summed E-state index contributed by atoms with van der Waals surface area (Å²) < 4.78 is 18.1. The highest BCUT2D eigenvalue weighted by Gasteiger charge is 2.20. The number of fused-ring (bicyclic) bond motifs is 1. The molecule has 0 atom stereocenters. The van der Waals surface area contributed by atoms with Crippen molar-refractivity contribution in [1.82, 2.24) is 18.7 Å². The van der Waals surface area contributed by atoms with E-state index in [0.717, 1.165) is 10.1 Å². The Morgan fingerprint density at radius 3 is 2.52 bits per heavy atom. The van der Waals surface area contributed by atoms with Crippen LogP contribution in [0.4, 0.5) is 10.3 Å². The van der Waals surface area contributed by atoms with E-state index < -0.39 is 17.1 Å². The average Bonchev–Trinajstić information content (AvgIpc) is 3.12. The summed E-state index contributed by atoms with van der Waals surface area (Å²) in [6.07, 6.45) is 1.56. The summed E-state index contributed by atoms with van der Waals surface area (Å²) in [5.41, 5.74) is 3.25. The fourth-order valence-electron chi connectivity index (χ4n) is 3.20. The van der Waals surface area contributed by atoms with Crippen LogP contribution in [0.15, 0.2) is 63.2 Å². The second-order valence-electron chi connectivity index (χ2n) is 6.91. The van der Waals surface area contributed by atoms with Gasteiger partial charge < -0.3 is 0 Å². The lowest BCUT2D eigenvalue weighted by Crippen LogP contribution is -2.37. The minimum atomic E-state index is -0.531. The van der Waals surface area contributed by atoms with Gasteiger partial charge in [0.05, 0.1) is 12.8 Å². The zero-order valence-electron chi connectivity index (χ0n) is 16.7. The summed E-state index contributed by atoms with van der Waals surface area (Å²) in [4.78, 5) is 29.6. The Morgan fingerprint density at radius 1 is 1.10 bits per heavy atom. The molecule has 10 heteroatoms. The molecular formula is C21H18ClFN6O2. The van der Waals surface area contributed by atoms with Crippen molar-refractivity contribution in [2.24, 2.45) is 19.2 Å². The molecule has 0 fully saturated rings. The Morgan fingerprint density at radius 2 is 1.81 bits per heavy atom. The van der Waals surface area contributed by atoms with Crippen LogP contribution in [0.5, 0.6) is 0 Å². The van der Waals surface area contributed by atoms with Gasteiger partial charge in [-0.3, -0.25) is 18.5 Å². The molecule has 8 nitrogen and oxygen atoms in total. The number of aryl methyl sites for hydroxylation is 1. The van der Waals surface area contributed by atoms with Gasteiger partial charge in [0.15, 0.2) is 11.2 Å². The molecule has 0 saturated heterocycles. The van der Waals surface area contributed by atoms with Gasteiger partial charge in [0.2, 0.25) is 5.95 Å². The van der Waals surface area contributed by atoms with Crippen molar-refractivity contribution in [1.29, 1.82) is 0 Å². The third kappa shape index (κ3) is 3.87. The normalized spacial score (nSPS) is 11.5. The van der Waals surface area contributed by atoms with Gasteiger partial charge in [-0.15, -0.1) is 0 Å². The fraction of sp³-hybridized carbons (Fsp3) is 0.143. The van der Waals surface area contributed by atoms with E-state index in [-0.39, 0.29) is 23.7 Å². The van der Waals surface area contributed by atoms with Crippen LogP contribution in [-0.4, -0.2) is 24.9 Å². The van der Waals surface area contributed by atoms with Crippen LogP contribution < -0.4 is 16.7 Å². The third-order valence-electron chi connectivity index (χ3n) is 4.88. The molecule has 0 amide bonds. The van der Waals surface area contributed by atoms with Gasteiger partial charge in [0.1, 0.15) is 5.82 Å². The van der Waals surface area contributed by atoms with Crippen molar-refractivity contribution in [3.63, 3.8) is 0 Å². The first-order chi connectivity index (χ1) is 14.9. The average molecular weight is 441 g/mol. The molecule has 0 bridgehead atoms. The fourth-order valence-corrected chi connectivity index (χ4v) is 3.32. The van der Waals surface area contributed by atoms with E-state index in [2.05, 4.69) is 15.5 Å². The third-order valence-corrected chi connectivity index (χ3v) is 5.13. The summed E-state index contributed by atoms with van der Waals surface area (Å²) in [6.45, 7) is 0.0232. The maximum absolute atomic E-state index is 14.3. The zero-order chi connectivity index (χ0) is 22.1. The highest BCUT2D eigenvalue weighted by molar-refractivity contribution is 6.30. The zero-order valence-corrected chi connectivity index (χ0v) is 17.5. The van der Waals surface area contributed by atoms with Gasteiger partial charge in [0, 0.05) is 24.7 Å². The molecule has 0 saturated carbocycles. The number of anilines is 1. The predicted molar refractivity (Wildman–Crippen MR) is 118 cm³/mol. The summed E-state index contributed by atoms with van der Waals surface area (Å²) in [7, 11) is 2.90. The molecule has 0 aliphatic carbocycles. The minimum absolute atomic E-state index is 0.0232. The number of nitrogens with zero attached hydrogens (tertiary/aromatic N) is 5. The molecule has 0 radical (unpaired) electrons. The van der Waals surface area contributed by atoms with Gasteiger partial charge in [-0.05, 0) is 23.8 Å². The van der Waals surface area contributed by atoms with Crippen LogP contribution in [0.2, 0.25) is 5.02 Å². The van der Waals surface area contributed by atoms with Crippen LogP contribution >= 0.6 is 11.6 Å². The molecule has 31 heavy (non-hydrogen) atoms. The SMILES string of the molecule is Cn1c(=O)c2c(nc(N/N=C/c3ccc(Cl)cc3)n2Cc2ccccc2F)n(C)c1=O. The van der Waals surface area contributed by atoms with E-state index in [1.54, 1.807) is 48.7 Å². The molecule has 4 rings (SSSR count). The molecule has 0 aliphatic heterocycles. The highest BCUT2D eigenvalue weighted by atomic mass is 35.5.